The lowest BCUT2D eigenvalue weighted by Gasteiger charge is -2.36. The number of unbranched alkanes of at least 4 members (excludes halogenated alkanes) is 1. The number of amides is 1. The molecule has 3 aromatic carbocycles. The van der Waals surface area contributed by atoms with E-state index < -0.39 is 11.7 Å². The molecule has 11 heteroatoms. The predicted molar refractivity (Wildman–Crippen MR) is 168 cm³/mol. The maximum atomic E-state index is 13.1. The fourth-order valence-corrected chi connectivity index (χ4v) is 6.42. The number of benzene rings is 3. The number of nitrogens with zero attached hydrogens (tertiary/aromatic N) is 6. The number of hydrogen-bond acceptors (Lipinski definition) is 6. The number of piperazine rings is 1. The number of aromatic nitrogens is 4. The molecular weight excluding hydrogens is 585 g/mol. The summed E-state index contributed by atoms with van der Waals surface area (Å²) in [5.74, 6) is 0.848. The molecule has 1 amide bonds. The van der Waals surface area contributed by atoms with Gasteiger partial charge >= 0.3 is 6.18 Å². The Labute approximate surface area is 258 Å². The molecule has 0 saturated carbocycles. The number of halogens is 3. The largest absolute Gasteiger partial charge is 0.416 e. The van der Waals surface area contributed by atoms with Crippen LogP contribution in [0.3, 0.4) is 0 Å². The number of rotatable bonds is 9. The first kappa shape index (κ1) is 29.9. The first-order chi connectivity index (χ1) is 21.3. The zero-order chi connectivity index (χ0) is 30.7. The number of alkyl halides is 3. The van der Waals surface area contributed by atoms with Crippen LogP contribution in [0.2, 0.25) is 0 Å². The Kier molecular flexibility index (Phi) is 8.74. The standard InChI is InChI=1S/C33H33F3N6OS/c1-23-13-14-28-27(20-23)30-31(42(28)22-24-8-3-2-4-9-24)37-32(39-38-30)44-19-6-5-12-29(43)41-17-15-40(16-18-41)26-11-7-10-25(21-26)33(34,35)36/h2-4,7-11,13-14,20-21H,5-6,12,15-19,22H2,1H3. The van der Waals surface area contributed by atoms with Gasteiger partial charge < -0.3 is 14.4 Å². The van der Waals surface area contributed by atoms with E-state index in [1.807, 2.05) is 28.0 Å². The molecule has 44 heavy (non-hydrogen) atoms. The van der Waals surface area contributed by atoms with Gasteiger partial charge in [-0.2, -0.15) is 13.2 Å². The van der Waals surface area contributed by atoms with Crippen LogP contribution in [-0.4, -0.2) is 62.5 Å². The molecule has 0 N–H and O–H groups in total. The summed E-state index contributed by atoms with van der Waals surface area (Å²) in [4.78, 5) is 21.4. The second-order valence-corrected chi connectivity index (χ2v) is 12.1. The van der Waals surface area contributed by atoms with Crippen molar-refractivity contribution in [1.29, 1.82) is 0 Å². The van der Waals surface area contributed by atoms with E-state index in [9.17, 15) is 18.0 Å². The third-order valence-electron chi connectivity index (χ3n) is 7.97. The molecule has 1 aliphatic heterocycles. The Morgan fingerprint density at radius 1 is 0.909 bits per heavy atom. The third-order valence-corrected chi connectivity index (χ3v) is 8.90. The van der Waals surface area contributed by atoms with Crippen molar-refractivity contribution in [3.05, 3.63) is 89.5 Å². The average molecular weight is 619 g/mol. The highest BCUT2D eigenvalue weighted by Crippen LogP contribution is 2.32. The van der Waals surface area contributed by atoms with Crippen LogP contribution in [0, 0.1) is 6.92 Å². The minimum absolute atomic E-state index is 0.0822. The molecule has 5 aromatic rings. The molecule has 2 aromatic heterocycles. The van der Waals surface area contributed by atoms with Gasteiger partial charge in [0, 0.05) is 56.0 Å². The van der Waals surface area contributed by atoms with Crippen molar-refractivity contribution in [2.75, 3.05) is 36.8 Å². The van der Waals surface area contributed by atoms with Crippen LogP contribution in [0.5, 0.6) is 0 Å². The topological polar surface area (TPSA) is 67.2 Å². The van der Waals surface area contributed by atoms with Crippen LogP contribution < -0.4 is 4.90 Å². The number of carbonyl (C=O) groups excluding carboxylic acids is 1. The smallest absolute Gasteiger partial charge is 0.368 e. The van der Waals surface area contributed by atoms with Crippen LogP contribution in [0.4, 0.5) is 18.9 Å². The van der Waals surface area contributed by atoms with Crippen LogP contribution in [-0.2, 0) is 17.5 Å². The van der Waals surface area contributed by atoms with Gasteiger partial charge in [0.1, 0.15) is 5.52 Å². The molecule has 0 aliphatic carbocycles. The average Bonchev–Trinajstić information content (AvgIpc) is 3.32. The number of fused-ring (bicyclic) bond motifs is 3. The van der Waals surface area contributed by atoms with Crippen molar-refractivity contribution in [2.24, 2.45) is 0 Å². The molecule has 0 atom stereocenters. The molecule has 7 nitrogen and oxygen atoms in total. The zero-order valence-corrected chi connectivity index (χ0v) is 25.2. The van der Waals surface area contributed by atoms with Gasteiger partial charge in [-0.25, -0.2) is 4.98 Å². The Hall–Kier alpha value is -4.12. The highest BCUT2D eigenvalue weighted by atomic mass is 32.2. The van der Waals surface area contributed by atoms with Crippen molar-refractivity contribution in [1.82, 2.24) is 24.6 Å². The molecule has 228 valence electrons. The lowest BCUT2D eigenvalue weighted by Crippen LogP contribution is -2.48. The summed E-state index contributed by atoms with van der Waals surface area (Å²) in [5, 5.41) is 10.6. The van der Waals surface area contributed by atoms with Gasteiger partial charge in [0.05, 0.1) is 11.1 Å². The Morgan fingerprint density at radius 2 is 1.70 bits per heavy atom. The maximum Gasteiger partial charge on any atom is 0.416 e. The quantitative estimate of drug-likeness (QED) is 0.131. The van der Waals surface area contributed by atoms with Crippen molar-refractivity contribution >= 4 is 45.4 Å². The van der Waals surface area contributed by atoms with E-state index in [1.54, 1.807) is 17.8 Å². The van der Waals surface area contributed by atoms with Crippen LogP contribution in [0.1, 0.15) is 36.0 Å². The molecule has 3 heterocycles. The first-order valence-electron chi connectivity index (χ1n) is 14.8. The van der Waals surface area contributed by atoms with E-state index in [-0.39, 0.29) is 5.91 Å². The summed E-state index contributed by atoms with van der Waals surface area (Å²) >= 11 is 1.54. The fourth-order valence-electron chi connectivity index (χ4n) is 5.63. The summed E-state index contributed by atoms with van der Waals surface area (Å²) in [5.41, 5.74) is 4.90. The second-order valence-electron chi connectivity index (χ2n) is 11.1. The van der Waals surface area contributed by atoms with Crippen molar-refractivity contribution in [3.63, 3.8) is 0 Å². The van der Waals surface area contributed by atoms with E-state index in [0.29, 0.717) is 50.0 Å². The maximum absolute atomic E-state index is 13.1. The van der Waals surface area contributed by atoms with Gasteiger partial charge in [-0.15, -0.1) is 10.2 Å². The van der Waals surface area contributed by atoms with Crippen molar-refractivity contribution in [3.8, 4) is 0 Å². The van der Waals surface area contributed by atoms with E-state index >= 15 is 0 Å². The molecule has 0 bridgehead atoms. The van der Waals surface area contributed by atoms with Gasteiger partial charge in [0.15, 0.2) is 5.65 Å². The van der Waals surface area contributed by atoms with E-state index in [1.165, 1.54) is 17.7 Å². The summed E-state index contributed by atoms with van der Waals surface area (Å²) in [7, 11) is 0. The number of thioether (sulfide) groups is 1. The summed E-state index contributed by atoms with van der Waals surface area (Å²) < 4.78 is 41.5. The number of hydrogen-bond donors (Lipinski definition) is 0. The summed E-state index contributed by atoms with van der Waals surface area (Å²) in [6.07, 6.45) is -2.37. The summed E-state index contributed by atoms with van der Waals surface area (Å²) in [6, 6.07) is 22.0. The van der Waals surface area contributed by atoms with Gasteiger partial charge in [0.2, 0.25) is 11.1 Å². The number of anilines is 1. The molecule has 1 saturated heterocycles. The molecule has 6 rings (SSSR count). The lowest BCUT2D eigenvalue weighted by atomic mass is 10.1. The SMILES string of the molecule is Cc1ccc2c(c1)c1nnc(SCCCCC(=O)N3CCN(c4cccc(C(F)(F)F)c4)CC3)nc1n2Cc1ccccc1. The van der Waals surface area contributed by atoms with E-state index in [4.69, 9.17) is 4.98 Å². The summed E-state index contributed by atoms with van der Waals surface area (Å²) in [6.45, 7) is 4.77. The van der Waals surface area contributed by atoms with Gasteiger partial charge in [0.25, 0.3) is 0 Å². The Morgan fingerprint density at radius 3 is 2.48 bits per heavy atom. The van der Waals surface area contributed by atoms with Crippen LogP contribution in [0.25, 0.3) is 22.1 Å². The highest BCUT2D eigenvalue weighted by molar-refractivity contribution is 7.99. The molecule has 0 unspecified atom stereocenters. The zero-order valence-electron chi connectivity index (χ0n) is 24.4. The molecule has 0 spiro atoms. The monoisotopic (exact) mass is 618 g/mol. The minimum Gasteiger partial charge on any atom is -0.368 e. The van der Waals surface area contributed by atoms with E-state index in [0.717, 1.165) is 52.3 Å². The predicted octanol–water partition coefficient (Wildman–Crippen LogP) is 6.97. The number of carbonyl (C=O) groups is 1. The highest BCUT2D eigenvalue weighted by Gasteiger charge is 2.31. The van der Waals surface area contributed by atoms with Gasteiger partial charge in [-0.1, -0.05) is 59.8 Å². The molecular formula is C33H33F3N6OS. The minimum atomic E-state index is -4.37. The van der Waals surface area contributed by atoms with Crippen LogP contribution >= 0.6 is 11.8 Å². The van der Waals surface area contributed by atoms with Gasteiger partial charge in [-0.3, -0.25) is 4.79 Å². The first-order valence-corrected chi connectivity index (χ1v) is 15.7. The normalized spacial score (nSPS) is 14.1. The Bertz CT molecular complexity index is 1770. The lowest BCUT2D eigenvalue weighted by molar-refractivity contribution is -0.137. The third kappa shape index (κ3) is 6.67. The molecule has 0 radical (unpaired) electrons. The van der Waals surface area contributed by atoms with Crippen molar-refractivity contribution < 1.29 is 18.0 Å². The fraction of sp³-hybridized carbons (Fsp3) is 0.333. The second kappa shape index (κ2) is 12.9. The van der Waals surface area contributed by atoms with Gasteiger partial charge in [-0.05, 0) is 55.7 Å². The van der Waals surface area contributed by atoms with Crippen molar-refractivity contribution in [2.45, 2.75) is 44.1 Å². The van der Waals surface area contributed by atoms with E-state index in [2.05, 4.69) is 52.0 Å². The number of aryl methyl sites for hydroxylation is 1. The Balaban J connectivity index is 1.02. The molecule has 1 aliphatic rings. The van der Waals surface area contributed by atoms with Crippen LogP contribution in [0.15, 0.2) is 78.0 Å². The molecule has 1 fully saturated rings.